The Morgan fingerprint density at radius 2 is 1.43 bits per heavy atom. The highest BCUT2D eigenvalue weighted by atomic mass is 16.6. The third-order valence-electron chi connectivity index (χ3n) is 15.5. The van der Waals surface area contributed by atoms with Gasteiger partial charge in [0.15, 0.2) is 0 Å². The van der Waals surface area contributed by atoms with Gasteiger partial charge >= 0.3 is 11.9 Å². The van der Waals surface area contributed by atoms with E-state index in [1.54, 1.807) is 0 Å². The second-order valence-electron chi connectivity index (χ2n) is 19.4. The SMILES string of the molecule is CCCC(=O)O[C@H]1CC[C@]2(C)[C@H]3CCC4[C@@H]5[C@H](C(C)C)CC[C@]5(C(=O)CCC(=O)OC(C)(C)C)CC[C@@]4(C)[C@]3(C)CC[C@H]2C1(C)C. The van der Waals surface area contributed by atoms with Gasteiger partial charge in [0.25, 0.3) is 0 Å². The van der Waals surface area contributed by atoms with Gasteiger partial charge in [-0.3, -0.25) is 14.4 Å². The molecule has 0 spiro atoms. The van der Waals surface area contributed by atoms with Gasteiger partial charge in [-0.25, -0.2) is 0 Å². The van der Waals surface area contributed by atoms with Crippen molar-refractivity contribution in [3.05, 3.63) is 0 Å². The molecule has 0 heterocycles. The Kier molecular flexibility index (Phi) is 9.51. The first-order valence-electron chi connectivity index (χ1n) is 19.2. The van der Waals surface area contributed by atoms with Crippen molar-refractivity contribution in [2.24, 2.45) is 62.6 Å². The quantitative estimate of drug-likeness (QED) is 0.247. The Hall–Kier alpha value is -1.39. The molecule has 5 saturated carbocycles. The summed E-state index contributed by atoms with van der Waals surface area (Å²) in [6, 6.07) is 0. The minimum atomic E-state index is -0.526. The molecular formula is C41H68O5. The summed E-state index contributed by atoms with van der Waals surface area (Å²) >= 11 is 0. The molecule has 0 bridgehead atoms. The molecule has 262 valence electrons. The lowest BCUT2D eigenvalue weighted by Gasteiger charge is -2.73. The highest BCUT2D eigenvalue weighted by molar-refractivity contribution is 5.88. The van der Waals surface area contributed by atoms with Crippen LogP contribution < -0.4 is 0 Å². The van der Waals surface area contributed by atoms with Gasteiger partial charge in [0, 0.05) is 23.7 Å². The predicted molar refractivity (Wildman–Crippen MR) is 184 cm³/mol. The van der Waals surface area contributed by atoms with Crippen molar-refractivity contribution in [1.29, 1.82) is 0 Å². The Labute approximate surface area is 281 Å². The third-order valence-corrected chi connectivity index (χ3v) is 15.5. The molecule has 0 radical (unpaired) electrons. The van der Waals surface area contributed by atoms with Gasteiger partial charge in [0.05, 0.1) is 6.42 Å². The zero-order chi connectivity index (χ0) is 34.1. The van der Waals surface area contributed by atoms with Crippen molar-refractivity contribution in [3.8, 4) is 0 Å². The van der Waals surface area contributed by atoms with E-state index in [9.17, 15) is 14.4 Å². The molecular weight excluding hydrogens is 572 g/mol. The number of rotatable bonds is 8. The number of fused-ring (bicyclic) bond motifs is 7. The van der Waals surface area contributed by atoms with Crippen molar-refractivity contribution in [1.82, 2.24) is 0 Å². The molecule has 5 heteroatoms. The number of esters is 2. The molecule has 46 heavy (non-hydrogen) atoms. The first-order valence-corrected chi connectivity index (χ1v) is 19.2. The highest BCUT2D eigenvalue weighted by Crippen LogP contribution is 2.77. The van der Waals surface area contributed by atoms with Crippen LogP contribution in [0.5, 0.6) is 0 Å². The third kappa shape index (κ3) is 5.62. The highest BCUT2D eigenvalue weighted by Gasteiger charge is 2.72. The summed E-state index contributed by atoms with van der Waals surface area (Å²) in [4.78, 5) is 39.7. The van der Waals surface area contributed by atoms with Crippen molar-refractivity contribution >= 4 is 17.7 Å². The average molecular weight is 641 g/mol. The van der Waals surface area contributed by atoms with Crippen molar-refractivity contribution in [2.75, 3.05) is 0 Å². The number of hydrogen-bond donors (Lipinski definition) is 0. The molecule has 5 nitrogen and oxygen atoms in total. The molecule has 5 aliphatic carbocycles. The summed E-state index contributed by atoms with van der Waals surface area (Å²) in [5.74, 6) is 3.32. The molecule has 0 saturated heterocycles. The van der Waals surface area contributed by atoms with Crippen LogP contribution in [-0.2, 0) is 23.9 Å². The first kappa shape index (κ1) is 35.9. The van der Waals surface area contributed by atoms with E-state index in [0.29, 0.717) is 54.1 Å². The maximum atomic E-state index is 14.4. The van der Waals surface area contributed by atoms with Gasteiger partial charge in [-0.15, -0.1) is 0 Å². The summed E-state index contributed by atoms with van der Waals surface area (Å²) in [5.41, 5.74) is -0.210. The van der Waals surface area contributed by atoms with E-state index in [2.05, 4.69) is 48.5 Å². The van der Waals surface area contributed by atoms with E-state index in [-0.39, 0.29) is 51.5 Å². The maximum absolute atomic E-state index is 14.4. The fraction of sp³-hybridized carbons (Fsp3) is 0.927. The number of Topliss-reactive ketones (excluding diaryl/α,β-unsaturated/α-hetero) is 1. The maximum Gasteiger partial charge on any atom is 0.306 e. The normalized spacial score (nSPS) is 43.1. The van der Waals surface area contributed by atoms with Gasteiger partial charge in [-0.1, -0.05) is 55.4 Å². The van der Waals surface area contributed by atoms with Gasteiger partial charge in [-0.2, -0.15) is 0 Å². The van der Waals surface area contributed by atoms with Crippen LogP contribution in [0, 0.1) is 62.6 Å². The summed E-state index contributed by atoms with van der Waals surface area (Å²) in [6.45, 7) is 25.2. The minimum Gasteiger partial charge on any atom is -0.462 e. The Morgan fingerprint density at radius 1 is 0.739 bits per heavy atom. The molecule has 5 rings (SSSR count). The smallest absolute Gasteiger partial charge is 0.306 e. The van der Waals surface area contributed by atoms with Crippen molar-refractivity contribution in [3.63, 3.8) is 0 Å². The molecule has 0 aromatic heterocycles. The van der Waals surface area contributed by atoms with Crippen LogP contribution in [0.15, 0.2) is 0 Å². The van der Waals surface area contributed by atoms with E-state index in [1.165, 1.54) is 25.7 Å². The van der Waals surface area contributed by atoms with Gasteiger partial charge in [0.2, 0.25) is 0 Å². The van der Waals surface area contributed by atoms with E-state index in [0.717, 1.165) is 44.9 Å². The van der Waals surface area contributed by atoms with Gasteiger partial charge in [-0.05, 0) is 143 Å². The van der Waals surface area contributed by atoms with Crippen LogP contribution in [0.4, 0.5) is 0 Å². The van der Waals surface area contributed by atoms with Crippen LogP contribution in [-0.4, -0.2) is 29.4 Å². The summed E-state index contributed by atoms with van der Waals surface area (Å²) in [5, 5.41) is 0. The van der Waals surface area contributed by atoms with Crippen molar-refractivity contribution < 1.29 is 23.9 Å². The number of ether oxygens (including phenoxy) is 2. The number of hydrogen-bond acceptors (Lipinski definition) is 5. The molecule has 0 aromatic rings. The number of carbonyl (C=O) groups excluding carboxylic acids is 3. The van der Waals surface area contributed by atoms with Crippen molar-refractivity contribution in [2.45, 2.75) is 178 Å². The van der Waals surface area contributed by atoms with E-state index < -0.39 is 5.60 Å². The molecule has 5 aliphatic rings. The summed E-state index contributed by atoms with van der Waals surface area (Å²) in [6.07, 6.45) is 13.1. The van der Waals surface area contributed by atoms with Gasteiger partial charge in [0.1, 0.15) is 17.5 Å². The largest absolute Gasteiger partial charge is 0.462 e. The summed E-state index contributed by atoms with van der Waals surface area (Å²) < 4.78 is 11.8. The predicted octanol–water partition coefficient (Wildman–Crippen LogP) is 10.1. The zero-order valence-corrected chi connectivity index (χ0v) is 31.5. The monoisotopic (exact) mass is 641 g/mol. The lowest BCUT2D eigenvalue weighted by Crippen LogP contribution is -2.67. The lowest BCUT2D eigenvalue weighted by atomic mass is 9.32. The average Bonchev–Trinajstić information content (AvgIpc) is 3.34. The molecule has 0 amide bonds. The van der Waals surface area contributed by atoms with E-state index in [1.807, 2.05) is 27.7 Å². The second-order valence-corrected chi connectivity index (χ2v) is 19.4. The lowest BCUT2D eigenvalue weighted by molar-refractivity contribution is -0.250. The van der Waals surface area contributed by atoms with E-state index >= 15 is 0 Å². The van der Waals surface area contributed by atoms with Crippen LogP contribution in [0.2, 0.25) is 0 Å². The van der Waals surface area contributed by atoms with Crippen LogP contribution in [0.1, 0.15) is 166 Å². The van der Waals surface area contributed by atoms with Gasteiger partial charge < -0.3 is 9.47 Å². The first-order chi connectivity index (χ1) is 21.3. The van der Waals surface area contributed by atoms with Crippen LogP contribution in [0.3, 0.4) is 0 Å². The molecule has 0 N–H and O–H groups in total. The Morgan fingerprint density at radius 3 is 2.07 bits per heavy atom. The van der Waals surface area contributed by atoms with Crippen LogP contribution >= 0.6 is 0 Å². The molecule has 0 aliphatic heterocycles. The second kappa shape index (κ2) is 12.2. The molecule has 0 aromatic carbocycles. The molecule has 5 fully saturated rings. The number of carbonyl (C=O) groups is 3. The minimum absolute atomic E-state index is 0.00758. The number of ketones is 1. The Balaban J connectivity index is 1.42. The fourth-order valence-electron chi connectivity index (χ4n) is 13.3. The standard InChI is InChI=1S/C41H68O5/c1-12-13-33(43)45-32-20-21-38(9)29(37(32,7)8)19-22-40(11)30(38)15-14-28-35-27(26(2)3)18-23-41(35,25-24-39(28,40)10)31(42)16-17-34(44)46-36(4,5)6/h26-30,32,35H,12-25H2,1-11H3/t27-,28?,29-,30+,32-,35-,38-,39+,40+,41+/m0/s1. The Bertz CT molecular complexity index is 1180. The van der Waals surface area contributed by atoms with Crippen LogP contribution in [0.25, 0.3) is 0 Å². The zero-order valence-electron chi connectivity index (χ0n) is 31.5. The molecule has 10 atom stereocenters. The summed E-state index contributed by atoms with van der Waals surface area (Å²) in [7, 11) is 0. The fourth-order valence-corrected chi connectivity index (χ4v) is 13.3. The molecule has 1 unspecified atom stereocenters. The topological polar surface area (TPSA) is 69.7 Å². The van der Waals surface area contributed by atoms with E-state index in [4.69, 9.17) is 9.47 Å².